The molecule has 2 aromatic carbocycles. The first-order chi connectivity index (χ1) is 13.5. The quantitative estimate of drug-likeness (QED) is 0.419. The van der Waals surface area contributed by atoms with Gasteiger partial charge in [-0.25, -0.2) is 0 Å². The molecule has 0 bridgehead atoms. The van der Waals surface area contributed by atoms with Crippen LogP contribution in [0.5, 0.6) is 0 Å². The average molecular weight is 388 g/mol. The van der Waals surface area contributed by atoms with Crippen molar-refractivity contribution in [3.8, 4) is 22.2 Å². The number of anilines is 1. The highest BCUT2D eigenvalue weighted by atomic mass is 32.1. The number of hydrogen-bond donors (Lipinski definition) is 1. The largest absolute Gasteiger partial charge is 0.397 e. The smallest absolute Gasteiger partial charge is 0.275 e. The Balaban J connectivity index is 2.07. The Labute approximate surface area is 162 Å². The SMILES string of the molecule is N#Cc1c(N)c2ccc(-c3cccs3)cc2n(-c2ccc([N+](=O)[O-])cc2)c1=O. The molecule has 136 valence electrons. The van der Waals surface area contributed by atoms with Gasteiger partial charge in [0.2, 0.25) is 0 Å². The molecule has 0 aliphatic carbocycles. The summed E-state index contributed by atoms with van der Waals surface area (Å²) in [5, 5.41) is 22.9. The maximum absolute atomic E-state index is 13.0. The standard InChI is InChI=1S/C20H12N4O3S/c21-11-16-19(22)15-8-3-12(18-2-1-9-28-18)10-17(15)23(20(16)25)13-4-6-14(7-5-13)24(26)27/h1-10H,22H2. The number of nitro groups is 1. The van der Waals surface area contributed by atoms with Gasteiger partial charge in [0.15, 0.2) is 0 Å². The summed E-state index contributed by atoms with van der Waals surface area (Å²) in [6.07, 6.45) is 0. The molecule has 0 atom stereocenters. The number of thiophene rings is 1. The van der Waals surface area contributed by atoms with E-state index in [0.717, 1.165) is 10.4 Å². The Hall–Kier alpha value is -3.96. The molecule has 7 nitrogen and oxygen atoms in total. The predicted molar refractivity (Wildman–Crippen MR) is 109 cm³/mol. The van der Waals surface area contributed by atoms with Gasteiger partial charge in [-0.2, -0.15) is 5.26 Å². The van der Waals surface area contributed by atoms with Crippen molar-refractivity contribution in [3.05, 3.63) is 86.0 Å². The molecule has 0 saturated heterocycles. The third-order valence-electron chi connectivity index (χ3n) is 4.45. The van der Waals surface area contributed by atoms with Gasteiger partial charge in [0.1, 0.15) is 11.6 Å². The second-order valence-corrected chi connectivity index (χ2v) is 6.97. The molecule has 2 aromatic heterocycles. The van der Waals surface area contributed by atoms with Crippen LogP contribution in [0, 0.1) is 21.4 Å². The van der Waals surface area contributed by atoms with Crippen LogP contribution in [0.2, 0.25) is 0 Å². The zero-order chi connectivity index (χ0) is 19.8. The number of benzene rings is 2. The van der Waals surface area contributed by atoms with Gasteiger partial charge in [0.25, 0.3) is 11.2 Å². The van der Waals surface area contributed by atoms with Crippen LogP contribution >= 0.6 is 11.3 Å². The van der Waals surface area contributed by atoms with Crippen molar-refractivity contribution < 1.29 is 4.92 Å². The summed E-state index contributed by atoms with van der Waals surface area (Å²) in [5.74, 6) is 0. The molecular formula is C20H12N4O3S. The van der Waals surface area contributed by atoms with Crippen LogP contribution in [0.4, 0.5) is 11.4 Å². The van der Waals surface area contributed by atoms with E-state index >= 15 is 0 Å². The fourth-order valence-electron chi connectivity index (χ4n) is 3.10. The molecule has 0 aliphatic heterocycles. The van der Waals surface area contributed by atoms with E-state index in [2.05, 4.69) is 0 Å². The molecule has 0 spiro atoms. The van der Waals surface area contributed by atoms with Gasteiger partial charge >= 0.3 is 0 Å². The number of hydrogen-bond acceptors (Lipinski definition) is 6. The van der Waals surface area contributed by atoms with Gasteiger partial charge in [0, 0.05) is 28.1 Å². The molecule has 8 heteroatoms. The second-order valence-electron chi connectivity index (χ2n) is 6.02. The lowest BCUT2D eigenvalue weighted by molar-refractivity contribution is -0.384. The highest BCUT2D eigenvalue weighted by Gasteiger charge is 2.17. The first-order valence-corrected chi connectivity index (χ1v) is 9.06. The Morgan fingerprint density at radius 3 is 2.50 bits per heavy atom. The first-order valence-electron chi connectivity index (χ1n) is 8.18. The summed E-state index contributed by atoms with van der Waals surface area (Å²) in [4.78, 5) is 24.4. The van der Waals surface area contributed by atoms with Crippen molar-refractivity contribution in [2.45, 2.75) is 0 Å². The average Bonchev–Trinajstić information content (AvgIpc) is 3.23. The van der Waals surface area contributed by atoms with Crippen molar-refractivity contribution in [3.63, 3.8) is 0 Å². The molecule has 0 radical (unpaired) electrons. The number of nitrogen functional groups attached to an aromatic ring is 1. The number of nitro benzene ring substituents is 1. The fourth-order valence-corrected chi connectivity index (χ4v) is 3.82. The van der Waals surface area contributed by atoms with Crippen molar-refractivity contribution in [1.82, 2.24) is 4.57 Å². The van der Waals surface area contributed by atoms with Crippen LogP contribution in [-0.4, -0.2) is 9.49 Å². The van der Waals surface area contributed by atoms with Crippen molar-refractivity contribution in [2.75, 3.05) is 5.73 Å². The zero-order valence-electron chi connectivity index (χ0n) is 14.3. The lowest BCUT2D eigenvalue weighted by atomic mass is 10.1. The number of fused-ring (bicyclic) bond motifs is 1. The lowest BCUT2D eigenvalue weighted by Gasteiger charge is -2.14. The molecule has 0 fully saturated rings. The van der Waals surface area contributed by atoms with Crippen LogP contribution in [0.1, 0.15) is 5.56 Å². The molecule has 4 rings (SSSR count). The summed E-state index contributed by atoms with van der Waals surface area (Å²) in [6.45, 7) is 0. The van der Waals surface area contributed by atoms with Crippen LogP contribution in [0.15, 0.2) is 64.8 Å². The van der Waals surface area contributed by atoms with E-state index in [1.165, 1.54) is 28.8 Å². The van der Waals surface area contributed by atoms with Crippen LogP contribution in [-0.2, 0) is 0 Å². The van der Waals surface area contributed by atoms with E-state index in [4.69, 9.17) is 5.73 Å². The van der Waals surface area contributed by atoms with Gasteiger partial charge < -0.3 is 5.73 Å². The third-order valence-corrected chi connectivity index (χ3v) is 5.37. The normalized spacial score (nSPS) is 10.7. The molecule has 4 aromatic rings. The molecular weight excluding hydrogens is 376 g/mol. The maximum atomic E-state index is 13.0. The predicted octanol–water partition coefficient (Wildman–Crippen LogP) is 4.08. The van der Waals surface area contributed by atoms with Crippen molar-refractivity contribution >= 4 is 33.6 Å². The summed E-state index contributed by atoms with van der Waals surface area (Å²) in [7, 11) is 0. The first kappa shape index (κ1) is 17.5. The molecule has 28 heavy (non-hydrogen) atoms. The fraction of sp³-hybridized carbons (Fsp3) is 0. The molecule has 0 unspecified atom stereocenters. The molecule has 2 heterocycles. The number of non-ortho nitro benzene ring substituents is 1. The maximum Gasteiger partial charge on any atom is 0.275 e. The van der Waals surface area contributed by atoms with Crippen molar-refractivity contribution in [1.29, 1.82) is 5.26 Å². The minimum atomic E-state index is -0.565. The topological polar surface area (TPSA) is 115 Å². The Kier molecular flexibility index (Phi) is 4.14. The van der Waals surface area contributed by atoms with E-state index in [1.807, 2.05) is 35.7 Å². The number of pyridine rings is 1. The van der Waals surface area contributed by atoms with Gasteiger partial charge in [-0.05, 0) is 35.2 Å². The van der Waals surface area contributed by atoms with E-state index in [0.29, 0.717) is 16.6 Å². The van der Waals surface area contributed by atoms with Gasteiger partial charge in [0.05, 0.1) is 16.1 Å². The van der Waals surface area contributed by atoms with E-state index < -0.39 is 10.5 Å². The minimum Gasteiger partial charge on any atom is -0.397 e. The summed E-state index contributed by atoms with van der Waals surface area (Å²) >= 11 is 1.56. The Morgan fingerprint density at radius 2 is 1.89 bits per heavy atom. The molecule has 2 N–H and O–H groups in total. The minimum absolute atomic E-state index is 0.0867. The highest BCUT2D eigenvalue weighted by Crippen LogP contribution is 2.31. The Bertz CT molecular complexity index is 1320. The summed E-state index contributed by atoms with van der Waals surface area (Å²) in [6, 6.07) is 16.9. The monoisotopic (exact) mass is 388 g/mol. The van der Waals surface area contributed by atoms with E-state index in [9.17, 15) is 20.2 Å². The number of aromatic nitrogens is 1. The number of nitrogens with zero attached hydrogens (tertiary/aromatic N) is 3. The second kappa shape index (κ2) is 6.64. The summed E-state index contributed by atoms with van der Waals surface area (Å²) in [5.41, 5.74) is 7.25. The van der Waals surface area contributed by atoms with Crippen LogP contribution in [0.25, 0.3) is 27.0 Å². The Morgan fingerprint density at radius 1 is 1.14 bits per heavy atom. The van der Waals surface area contributed by atoms with Crippen molar-refractivity contribution in [2.24, 2.45) is 0 Å². The van der Waals surface area contributed by atoms with E-state index in [-0.39, 0.29) is 16.9 Å². The van der Waals surface area contributed by atoms with Gasteiger partial charge in [-0.1, -0.05) is 18.2 Å². The lowest BCUT2D eigenvalue weighted by Crippen LogP contribution is -2.23. The number of nitrogens with two attached hydrogens (primary N) is 1. The van der Waals surface area contributed by atoms with Crippen LogP contribution in [0.3, 0.4) is 0 Å². The number of rotatable bonds is 3. The zero-order valence-corrected chi connectivity index (χ0v) is 15.1. The van der Waals surface area contributed by atoms with Gasteiger partial charge in [-0.3, -0.25) is 19.5 Å². The molecule has 0 amide bonds. The van der Waals surface area contributed by atoms with E-state index in [1.54, 1.807) is 17.4 Å². The highest BCUT2D eigenvalue weighted by molar-refractivity contribution is 7.13. The molecule has 0 saturated carbocycles. The number of nitriles is 1. The van der Waals surface area contributed by atoms with Crippen LogP contribution < -0.4 is 11.3 Å². The van der Waals surface area contributed by atoms with Gasteiger partial charge in [-0.15, -0.1) is 11.3 Å². The third kappa shape index (κ3) is 2.71. The molecule has 0 aliphatic rings. The summed E-state index contributed by atoms with van der Waals surface area (Å²) < 4.78 is 1.37.